The Balaban J connectivity index is 1.25. The highest BCUT2D eigenvalue weighted by atomic mass is 15.0. The van der Waals surface area contributed by atoms with Crippen molar-refractivity contribution in [1.82, 2.24) is 4.57 Å². The summed E-state index contributed by atoms with van der Waals surface area (Å²) in [4.78, 5) is 0. The Morgan fingerprint density at radius 2 is 1.41 bits per heavy atom. The second-order valence-corrected chi connectivity index (χ2v) is 9.74. The van der Waals surface area contributed by atoms with Gasteiger partial charge in [0, 0.05) is 34.3 Å². The van der Waals surface area contributed by atoms with Gasteiger partial charge in [-0.3, -0.25) is 0 Å². The van der Waals surface area contributed by atoms with Gasteiger partial charge in [-0.1, -0.05) is 78.9 Å². The van der Waals surface area contributed by atoms with Crippen LogP contribution in [0.5, 0.6) is 0 Å². The number of allylic oxidation sites excluding steroid dienone is 2. The van der Waals surface area contributed by atoms with Gasteiger partial charge >= 0.3 is 0 Å². The van der Waals surface area contributed by atoms with Crippen molar-refractivity contribution in [2.24, 2.45) is 0 Å². The van der Waals surface area contributed by atoms with Gasteiger partial charge in [0.15, 0.2) is 0 Å². The average Bonchev–Trinajstić information content (AvgIpc) is 3.32. The molecule has 0 atom stereocenters. The molecule has 0 unspecified atom stereocenters. The van der Waals surface area contributed by atoms with Crippen molar-refractivity contribution in [3.63, 3.8) is 0 Å². The second-order valence-electron chi connectivity index (χ2n) is 9.74. The smallest absolute Gasteiger partial charge is 0.0541 e. The number of benzene rings is 5. The van der Waals surface area contributed by atoms with E-state index in [1.165, 1.54) is 44.2 Å². The van der Waals surface area contributed by atoms with Crippen LogP contribution in [0.2, 0.25) is 0 Å². The van der Waals surface area contributed by atoms with Gasteiger partial charge in [-0.2, -0.15) is 0 Å². The summed E-state index contributed by atoms with van der Waals surface area (Å²) in [6, 6.07) is 43.3. The molecule has 6 aromatic rings. The fourth-order valence-corrected chi connectivity index (χ4v) is 5.20. The molecule has 2 heteroatoms. The summed E-state index contributed by atoms with van der Waals surface area (Å²) < 4.78 is 2.35. The fraction of sp³-hybridized carbons (Fsp3) is 0.0811. The molecule has 0 spiro atoms. The van der Waals surface area contributed by atoms with Crippen LogP contribution in [0.4, 0.5) is 11.4 Å². The van der Waals surface area contributed by atoms with Crippen LogP contribution in [0.25, 0.3) is 38.6 Å². The Bertz CT molecular complexity index is 1800. The van der Waals surface area contributed by atoms with E-state index in [1.807, 2.05) is 0 Å². The molecule has 0 bridgehead atoms. The highest BCUT2D eigenvalue weighted by Gasteiger charge is 2.12. The average molecular weight is 503 g/mol. The predicted octanol–water partition coefficient (Wildman–Crippen LogP) is 9.71. The van der Waals surface area contributed by atoms with Crippen molar-refractivity contribution in [3.05, 3.63) is 139 Å². The molecule has 0 saturated carbocycles. The van der Waals surface area contributed by atoms with Crippen LogP contribution in [0.15, 0.2) is 133 Å². The van der Waals surface area contributed by atoms with Gasteiger partial charge in [-0.25, -0.2) is 0 Å². The molecule has 6 rings (SSSR count). The highest BCUT2D eigenvalue weighted by Crippen LogP contribution is 2.35. The van der Waals surface area contributed by atoms with Gasteiger partial charge in [0.1, 0.15) is 0 Å². The lowest BCUT2D eigenvalue weighted by atomic mass is 10.0. The van der Waals surface area contributed by atoms with Crippen LogP contribution in [-0.2, 0) is 6.42 Å². The Hall–Kier alpha value is -5.00. The minimum atomic E-state index is 0.791. The summed E-state index contributed by atoms with van der Waals surface area (Å²) in [6.45, 7) is 0. The molecule has 5 aromatic carbocycles. The Morgan fingerprint density at radius 3 is 2.26 bits per heavy atom. The standard InChI is InChI=1S/C37H30N2/c1-2-3-4-5-7-13-28-14-12-15-32(26-28)38-31-23-20-29(21-24-31)30-22-25-37-35(27-30)34-18-10-11-19-36(34)39(37)33-16-8-6-9-17-33/h1,5-12,14-27,38H,3-4,13H2/b7-5-. The molecule has 188 valence electrons. The van der Waals surface area contributed by atoms with E-state index in [0.29, 0.717) is 0 Å². The number of fused-ring (bicyclic) bond motifs is 3. The van der Waals surface area contributed by atoms with Gasteiger partial charge < -0.3 is 9.88 Å². The van der Waals surface area contributed by atoms with E-state index in [0.717, 1.165) is 30.6 Å². The number of terminal acetylenes is 1. The molecule has 0 aliphatic rings. The summed E-state index contributed by atoms with van der Waals surface area (Å²) in [7, 11) is 0. The first-order valence-corrected chi connectivity index (χ1v) is 13.4. The molecule has 0 radical (unpaired) electrons. The number of rotatable bonds is 8. The normalized spacial score (nSPS) is 11.3. The summed E-state index contributed by atoms with van der Waals surface area (Å²) in [6.07, 6.45) is 12.3. The summed E-state index contributed by atoms with van der Waals surface area (Å²) in [5.41, 5.74) is 9.46. The van der Waals surface area contributed by atoms with E-state index in [-0.39, 0.29) is 0 Å². The van der Waals surface area contributed by atoms with Crippen LogP contribution in [-0.4, -0.2) is 4.57 Å². The van der Waals surface area contributed by atoms with Crippen molar-refractivity contribution < 1.29 is 0 Å². The largest absolute Gasteiger partial charge is 0.356 e. The van der Waals surface area contributed by atoms with E-state index in [4.69, 9.17) is 6.42 Å². The number of unbranched alkanes of at least 4 members (excludes halogenated alkanes) is 1. The first kappa shape index (κ1) is 24.3. The van der Waals surface area contributed by atoms with Gasteiger partial charge in [-0.15, -0.1) is 12.3 Å². The second kappa shape index (κ2) is 11.2. The van der Waals surface area contributed by atoms with E-state index in [2.05, 4.69) is 149 Å². The van der Waals surface area contributed by atoms with Crippen LogP contribution in [0, 0.1) is 12.3 Å². The fourth-order valence-electron chi connectivity index (χ4n) is 5.20. The number of hydrogen-bond acceptors (Lipinski definition) is 1. The zero-order valence-electron chi connectivity index (χ0n) is 21.8. The minimum absolute atomic E-state index is 0.791. The quantitative estimate of drug-likeness (QED) is 0.124. The maximum absolute atomic E-state index is 5.33. The molecule has 0 aliphatic heterocycles. The van der Waals surface area contributed by atoms with Gasteiger partial charge in [0.25, 0.3) is 0 Å². The van der Waals surface area contributed by atoms with Crippen molar-refractivity contribution >= 4 is 33.2 Å². The number of aromatic nitrogens is 1. The Labute approximate surface area is 230 Å². The number of hydrogen-bond donors (Lipinski definition) is 1. The van der Waals surface area contributed by atoms with Crippen LogP contribution >= 0.6 is 0 Å². The van der Waals surface area contributed by atoms with Crippen molar-refractivity contribution in [2.45, 2.75) is 19.3 Å². The molecule has 0 saturated heterocycles. The SMILES string of the molecule is C#CCC/C=C\Cc1cccc(Nc2ccc(-c3ccc4c(c3)c3ccccc3n4-c3ccccc3)cc2)c1. The molecular formula is C37H30N2. The minimum Gasteiger partial charge on any atom is -0.356 e. The van der Waals surface area contributed by atoms with Gasteiger partial charge in [-0.05, 0) is 84.1 Å². The first-order valence-electron chi connectivity index (χ1n) is 13.4. The monoisotopic (exact) mass is 502 g/mol. The third-order valence-electron chi connectivity index (χ3n) is 7.10. The summed E-state index contributed by atoms with van der Waals surface area (Å²) >= 11 is 0. The third-order valence-corrected chi connectivity index (χ3v) is 7.10. The van der Waals surface area contributed by atoms with E-state index in [1.54, 1.807) is 0 Å². The summed E-state index contributed by atoms with van der Waals surface area (Å²) in [5, 5.41) is 6.08. The van der Waals surface area contributed by atoms with Crippen LogP contribution in [0.3, 0.4) is 0 Å². The number of para-hydroxylation sites is 2. The number of nitrogens with zero attached hydrogens (tertiary/aromatic N) is 1. The molecule has 1 heterocycles. The van der Waals surface area contributed by atoms with Crippen LogP contribution in [0.1, 0.15) is 18.4 Å². The lowest BCUT2D eigenvalue weighted by Crippen LogP contribution is -1.93. The van der Waals surface area contributed by atoms with Gasteiger partial charge in [0.05, 0.1) is 11.0 Å². The summed E-state index contributed by atoms with van der Waals surface area (Å²) in [5.74, 6) is 2.68. The number of nitrogens with one attached hydrogen (secondary N) is 1. The maximum Gasteiger partial charge on any atom is 0.0541 e. The zero-order chi connectivity index (χ0) is 26.4. The lowest BCUT2D eigenvalue weighted by Gasteiger charge is -2.10. The molecule has 2 nitrogen and oxygen atoms in total. The molecule has 0 fully saturated rings. The maximum atomic E-state index is 5.33. The van der Waals surface area contributed by atoms with Crippen molar-refractivity contribution in [2.75, 3.05) is 5.32 Å². The molecule has 0 amide bonds. The molecule has 39 heavy (non-hydrogen) atoms. The van der Waals surface area contributed by atoms with E-state index < -0.39 is 0 Å². The first-order chi connectivity index (χ1) is 19.3. The molecular weight excluding hydrogens is 472 g/mol. The van der Waals surface area contributed by atoms with E-state index in [9.17, 15) is 0 Å². The van der Waals surface area contributed by atoms with Crippen LogP contribution < -0.4 is 5.32 Å². The number of anilines is 2. The molecule has 0 aliphatic carbocycles. The topological polar surface area (TPSA) is 17.0 Å². The van der Waals surface area contributed by atoms with Crippen molar-refractivity contribution in [3.8, 4) is 29.2 Å². The van der Waals surface area contributed by atoms with E-state index >= 15 is 0 Å². The van der Waals surface area contributed by atoms with Gasteiger partial charge in [0.2, 0.25) is 0 Å². The Kier molecular flexibility index (Phi) is 6.97. The molecule has 1 aromatic heterocycles. The highest BCUT2D eigenvalue weighted by molar-refractivity contribution is 6.10. The Morgan fingerprint density at radius 1 is 0.641 bits per heavy atom. The molecule has 1 N–H and O–H groups in total. The predicted molar refractivity (Wildman–Crippen MR) is 167 cm³/mol. The lowest BCUT2D eigenvalue weighted by molar-refractivity contribution is 1.07. The van der Waals surface area contributed by atoms with Crippen molar-refractivity contribution in [1.29, 1.82) is 0 Å². The third kappa shape index (κ3) is 5.21. The zero-order valence-corrected chi connectivity index (χ0v) is 21.8.